The number of hydrogen-bond acceptors (Lipinski definition) is 4. The normalized spacial score (nSPS) is 17.8. The first kappa shape index (κ1) is 7.73. The SMILES string of the molecule is NCc1noc(CC2CCC2)n1. The minimum absolute atomic E-state index is 0.369. The van der Waals surface area contributed by atoms with Gasteiger partial charge in [0.15, 0.2) is 5.82 Å². The first-order valence-electron chi connectivity index (χ1n) is 4.40. The fourth-order valence-corrected chi connectivity index (χ4v) is 1.40. The Morgan fingerprint density at radius 3 is 2.83 bits per heavy atom. The summed E-state index contributed by atoms with van der Waals surface area (Å²) in [5.74, 6) is 2.14. The smallest absolute Gasteiger partial charge is 0.226 e. The summed E-state index contributed by atoms with van der Waals surface area (Å²) in [5.41, 5.74) is 5.36. The molecule has 0 aliphatic heterocycles. The maximum atomic E-state index is 5.36. The van der Waals surface area contributed by atoms with Crippen molar-refractivity contribution in [2.24, 2.45) is 11.7 Å². The summed E-state index contributed by atoms with van der Waals surface area (Å²) < 4.78 is 5.02. The van der Waals surface area contributed by atoms with Gasteiger partial charge in [0, 0.05) is 6.42 Å². The van der Waals surface area contributed by atoms with Gasteiger partial charge in [0.05, 0.1) is 6.54 Å². The molecule has 1 heterocycles. The van der Waals surface area contributed by atoms with Gasteiger partial charge in [-0.15, -0.1) is 0 Å². The lowest BCUT2D eigenvalue weighted by molar-refractivity contribution is 0.273. The van der Waals surface area contributed by atoms with Crippen molar-refractivity contribution >= 4 is 0 Å². The summed E-state index contributed by atoms with van der Waals surface area (Å²) in [4.78, 5) is 4.15. The summed E-state index contributed by atoms with van der Waals surface area (Å²) in [6.07, 6.45) is 4.90. The van der Waals surface area contributed by atoms with Crippen molar-refractivity contribution in [3.63, 3.8) is 0 Å². The van der Waals surface area contributed by atoms with Crippen LogP contribution in [0.2, 0.25) is 0 Å². The number of nitrogens with zero attached hydrogens (tertiary/aromatic N) is 2. The number of nitrogens with two attached hydrogens (primary N) is 1. The van der Waals surface area contributed by atoms with Crippen LogP contribution in [0.15, 0.2) is 4.52 Å². The zero-order valence-corrected chi connectivity index (χ0v) is 6.99. The average molecular weight is 167 g/mol. The van der Waals surface area contributed by atoms with Gasteiger partial charge >= 0.3 is 0 Å². The third kappa shape index (κ3) is 1.48. The highest BCUT2D eigenvalue weighted by atomic mass is 16.5. The van der Waals surface area contributed by atoms with Crippen LogP contribution in [0.1, 0.15) is 31.0 Å². The zero-order chi connectivity index (χ0) is 8.39. The molecule has 2 N–H and O–H groups in total. The van der Waals surface area contributed by atoms with Crippen LogP contribution >= 0.6 is 0 Å². The van der Waals surface area contributed by atoms with E-state index in [0.717, 1.165) is 18.2 Å². The fourth-order valence-electron chi connectivity index (χ4n) is 1.40. The van der Waals surface area contributed by atoms with E-state index in [4.69, 9.17) is 10.3 Å². The molecule has 1 fully saturated rings. The standard InChI is InChI=1S/C8H13N3O/c9-5-7-10-8(12-11-7)4-6-2-1-3-6/h6H,1-5,9H2. The van der Waals surface area contributed by atoms with E-state index >= 15 is 0 Å². The van der Waals surface area contributed by atoms with Gasteiger partial charge in [-0.3, -0.25) is 0 Å². The van der Waals surface area contributed by atoms with Crippen LogP contribution in [-0.4, -0.2) is 10.1 Å². The molecule has 0 bridgehead atoms. The van der Waals surface area contributed by atoms with Crippen LogP contribution in [0.3, 0.4) is 0 Å². The van der Waals surface area contributed by atoms with Gasteiger partial charge in [-0.25, -0.2) is 0 Å². The molecule has 1 saturated carbocycles. The summed E-state index contributed by atoms with van der Waals surface area (Å²) in [6, 6.07) is 0. The molecule has 1 aliphatic rings. The van der Waals surface area contributed by atoms with Crippen molar-refractivity contribution in [2.75, 3.05) is 0 Å². The fraction of sp³-hybridized carbons (Fsp3) is 0.750. The molecule has 0 radical (unpaired) electrons. The maximum absolute atomic E-state index is 5.36. The van der Waals surface area contributed by atoms with Gasteiger partial charge in [-0.05, 0) is 18.8 Å². The van der Waals surface area contributed by atoms with E-state index in [-0.39, 0.29) is 0 Å². The third-order valence-electron chi connectivity index (χ3n) is 2.38. The Hall–Kier alpha value is -0.900. The monoisotopic (exact) mass is 167 g/mol. The summed E-state index contributed by atoms with van der Waals surface area (Å²) >= 11 is 0. The van der Waals surface area contributed by atoms with Crippen molar-refractivity contribution in [3.05, 3.63) is 11.7 Å². The molecule has 2 rings (SSSR count). The first-order valence-corrected chi connectivity index (χ1v) is 4.40. The highest BCUT2D eigenvalue weighted by Gasteiger charge is 2.20. The highest BCUT2D eigenvalue weighted by molar-refractivity contribution is 4.88. The van der Waals surface area contributed by atoms with Crippen molar-refractivity contribution in [3.8, 4) is 0 Å². The van der Waals surface area contributed by atoms with Gasteiger partial charge in [0.25, 0.3) is 0 Å². The minimum Gasteiger partial charge on any atom is -0.339 e. The first-order chi connectivity index (χ1) is 5.88. The second-order valence-electron chi connectivity index (χ2n) is 3.31. The van der Waals surface area contributed by atoms with Gasteiger partial charge in [0.1, 0.15) is 0 Å². The predicted molar refractivity (Wildman–Crippen MR) is 43.2 cm³/mol. The Morgan fingerprint density at radius 1 is 1.50 bits per heavy atom. The van der Waals surface area contributed by atoms with E-state index < -0.39 is 0 Å². The molecule has 4 nitrogen and oxygen atoms in total. The molecule has 0 amide bonds. The molecule has 1 aromatic rings. The van der Waals surface area contributed by atoms with Crippen LogP contribution in [0.5, 0.6) is 0 Å². The number of rotatable bonds is 3. The number of hydrogen-bond donors (Lipinski definition) is 1. The zero-order valence-electron chi connectivity index (χ0n) is 6.99. The molecule has 1 aromatic heterocycles. The Morgan fingerprint density at radius 2 is 2.33 bits per heavy atom. The van der Waals surface area contributed by atoms with E-state index in [1.54, 1.807) is 0 Å². The Labute approximate surface area is 71.1 Å². The molecule has 0 spiro atoms. The molecular formula is C8H13N3O. The molecule has 0 aromatic carbocycles. The molecule has 0 atom stereocenters. The van der Waals surface area contributed by atoms with Crippen molar-refractivity contribution < 1.29 is 4.52 Å². The van der Waals surface area contributed by atoms with Crippen LogP contribution < -0.4 is 5.73 Å². The quantitative estimate of drug-likeness (QED) is 0.725. The minimum atomic E-state index is 0.369. The molecule has 0 unspecified atom stereocenters. The van der Waals surface area contributed by atoms with E-state index in [0.29, 0.717) is 12.4 Å². The second kappa shape index (κ2) is 3.23. The van der Waals surface area contributed by atoms with Crippen LogP contribution in [0.25, 0.3) is 0 Å². The number of aromatic nitrogens is 2. The lowest BCUT2D eigenvalue weighted by Gasteiger charge is -2.23. The Balaban J connectivity index is 1.93. The average Bonchev–Trinajstić information content (AvgIpc) is 2.44. The maximum Gasteiger partial charge on any atom is 0.226 e. The van der Waals surface area contributed by atoms with Gasteiger partial charge in [0.2, 0.25) is 5.89 Å². The van der Waals surface area contributed by atoms with Crippen LogP contribution in [-0.2, 0) is 13.0 Å². The lowest BCUT2D eigenvalue weighted by atomic mass is 9.83. The highest BCUT2D eigenvalue weighted by Crippen LogP contribution is 2.29. The van der Waals surface area contributed by atoms with E-state index in [1.165, 1.54) is 19.3 Å². The van der Waals surface area contributed by atoms with Crippen LogP contribution in [0.4, 0.5) is 0 Å². The van der Waals surface area contributed by atoms with E-state index in [9.17, 15) is 0 Å². The van der Waals surface area contributed by atoms with Gasteiger partial charge in [-0.2, -0.15) is 4.98 Å². The van der Waals surface area contributed by atoms with Gasteiger partial charge in [-0.1, -0.05) is 11.6 Å². The molecule has 4 heteroatoms. The lowest BCUT2D eigenvalue weighted by Crippen LogP contribution is -2.13. The van der Waals surface area contributed by atoms with Crippen molar-refractivity contribution in [1.29, 1.82) is 0 Å². The van der Waals surface area contributed by atoms with Crippen LogP contribution in [0, 0.1) is 5.92 Å². The summed E-state index contributed by atoms with van der Waals surface area (Å²) in [6.45, 7) is 0.369. The summed E-state index contributed by atoms with van der Waals surface area (Å²) in [5, 5.41) is 3.74. The largest absolute Gasteiger partial charge is 0.339 e. The topological polar surface area (TPSA) is 64.9 Å². The third-order valence-corrected chi connectivity index (χ3v) is 2.38. The van der Waals surface area contributed by atoms with E-state index in [1.807, 2.05) is 0 Å². The Bertz CT molecular complexity index is 255. The van der Waals surface area contributed by atoms with Crippen molar-refractivity contribution in [2.45, 2.75) is 32.2 Å². The molecule has 1 aliphatic carbocycles. The van der Waals surface area contributed by atoms with Gasteiger partial charge < -0.3 is 10.3 Å². The Kier molecular flexibility index (Phi) is 2.08. The molecule has 0 saturated heterocycles. The summed E-state index contributed by atoms with van der Waals surface area (Å²) in [7, 11) is 0. The van der Waals surface area contributed by atoms with Crippen molar-refractivity contribution in [1.82, 2.24) is 10.1 Å². The molecule has 66 valence electrons. The molecule has 12 heavy (non-hydrogen) atoms. The van der Waals surface area contributed by atoms with E-state index in [2.05, 4.69) is 10.1 Å². The second-order valence-corrected chi connectivity index (χ2v) is 3.31. The molecular weight excluding hydrogens is 154 g/mol. The predicted octanol–water partition coefficient (Wildman–Crippen LogP) is 0.871.